The molecule has 5 heteroatoms. The molecule has 1 atom stereocenters. The van der Waals surface area contributed by atoms with Crippen molar-refractivity contribution in [1.82, 2.24) is 0 Å². The highest BCUT2D eigenvalue weighted by molar-refractivity contribution is 6.10. The summed E-state index contributed by atoms with van der Waals surface area (Å²) in [4.78, 5) is 27.3. The second kappa shape index (κ2) is 7.53. The molecule has 0 fully saturated rings. The van der Waals surface area contributed by atoms with Crippen LogP contribution in [0, 0.1) is 6.92 Å². The standard InChI is InChI=1S/C24H21NO4/c1-17-7-2-3-8-18(17)16-25-22-11-5-4-10-21(22)24(28,23(25)27)15-19(26)12-13-20-9-6-14-29-20/h2-14,28H,15-16H2,1H3/b13-12+. The molecular formula is C24H21NO4. The highest BCUT2D eigenvalue weighted by Gasteiger charge is 2.50. The number of fused-ring (bicyclic) bond motifs is 1. The fraction of sp³-hybridized carbons (Fsp3) is 0.167. The lowest BCUT2D eigenvalue weighted by molar-refractivity contribution is -0.140. The third-order valence-corrected chi connectivity index (χ3v) is 5.24. The van der Waals surface area contributed by atoms with E-state index < -0.39 is 11.5 Å². The Kier molecular flexibility index (Phi) is 4.91. The Labute approximate surface area is 168 Å². The third kappa shape index (κ3) is 3.52. The molecule has 0 spiro atoms. The van der Waals surface area contributed by atoms with Crippen LogP contribution in [0.3, 0.4) is 0 Å². The molecule has 1 aromatic heterocycles. The minimum absolute atomic E-state index is 0.329. The number of para-hydroxylation sites is 1. The van der Waals surface area contributed by atoms with Crippen molar-refractivity contribution in [3.05, 3.63) is 95.5 Å². The van der Waals surface area contributed by atoms with Crippen LogP contribution in [0.4, 0.5) is 5.69 Å². The van der Waals surface area contributed by atoms with Gasteiger partial charge in [-0.05, 0) is 48.4 Å². The van der Waals surface area contributed by atoms with Gasteiger partial charge < -0.3 is 14.4 Å². The van der Waals surface area contributed by atoms with Crippen molar-refractivity contribution in [2.75, 3.05) is 4.90 Å². The van der Waals surface area contributed by atoms with Crippen molar-refractivity contribution in [3.8, 4) is 0 Å². The average molecular weight is 387 g/mol. The van der Waals surface area contributed by atoms with Crippen LogP contribution >= 0.6 is 0 Å². The van der Waals surface area contributed by atoms with Crippen molar-refractivity contribution in [2.45, 2.75) is 25.5 Å². The summed E-state index contributed by atoms with van der Waals surface area (Å²) in [6.45, 7) is 2.32. The van der Waals surface area contributed by atoms with Gasteiger partial charge in [-0.15, -0.1) is 0 Å². The lowest BCUT2D eigenvalue weighted by Gasteiger charge is -2.23. The quantitative estimate of drug-likeness (QED) is 0.649. The lowest BCUT2D eigenvalue weighted by atomic mass is 9.90. The number of aryl methyl sites for hydroxylation is 1. The second-order valence-electron chi connectivity index (χ2n) is 7.19. The highest BCUT2D eigenvalue weighted by Crippen LogP contribution is 2.43. The number of rotatable bonds is 6. The molecule has 2 aromatic carbocycles. The van der Waals surface area contributed by atoms with Crippen LogP contribution in [0.1, 0.15) is 28.9 Å². The summed E-state index contributed by atoms with van der Waals surface area (Å²) in [5.74, 6) is -0.309. The molecule has 4 rings (SSSR count). The third-order valence-electron chi connectivity index (χ3n) is 5.24. The summed E-state index contributed by atoms with van der Waals surface area (Å²) in [7, 11) is 0. The first kappa shape index (κ1) is 18.9. The van der Waals surface area contributed by atoms with Crippen LogP contribution in [0.2, 0.25) is 0 Å². The molecule has 1 aliphatic heterocycles. The smallest absolute Gasteiger partial charge is 0.264 e. The van der Waals surface area contributed by atoms with Gasteiger partial charge in [-0.2, -0.15) is 0 Å². The SMILES string of the molecule is Cc1ccccc1CN1C(=O)C(O)(CC(=O)/C=C/c2ccco2)c2ccccc21. The minimum Gasteiger partial charge on any atom is -0.465 e. The van der Waals surface area contributed by atoms with E-state index in [-0.39, 0.29) is 12.2 Å². The fourth-order valence-corrected chi connectivity index (χ4v) is 3.66. The van der Waals surface area contributed by atoms with Crippen LogP contribution < -0.4 is 4.90 Å². The van der Waals surface area contributed by atoms with E-state index in [1.165, 1.54) is 18.4 Å². The summed E-state index contributed by atoms with van der Waals surface area (Å²) in [5, 5.41) is 11.3. The normalized spacial score (nSPS) is 18.4. The van der Waals surface area contributed by atoms with E-state index in [1.54, 1.807) is 35.2 Å². The number of hydrogen-bond donors (Lipinski definition) is 1. The van der Waals surface area contributed by atoms with E-state index in [2.05, 4.69) is 0 Å². The Morgan fingerprint density at radius 3 is 2.62 bits per heavy atom. The van der Waals surface area contributed by atoms with Crippen LogP contribution in [0.25, 0.3) is 6.08 Å². The molecule has 0 bridgehead atoms. The largest absolute Gasteiger partial charge is 0.465 e. The first-order chi connectivity index (χ1) is 14.0. The van der Waals surface area contributed by atoms with Gasteiger partial charge in [0.2, 0.25) is 0 Å². The Morgan fingerprint density at radius 2 is 1.86 bits per heavy atom. The predicted molar refractivity (Wildman–Crippen MR) is 110 cm³/mol. The van der Waals surface area contributed by atoms with Crippen molar-refractivity contribution >= 4 is 23.5 Å². The zero-order valence-electron chi connectivity index (χ0n) is 16.0. The number of amides is 1. The molecule has 0 aliphatic carbocycles. The molecule has 146 valence electrons. The summed E-state index contributed by atoms with van der Waals surface area (Å²) in [5.41, 5.74) is 1.25. The fourth-order valence-electron chi connectivity index (χ4n) is 3.66. The van der Waals surface area contributed by atoms with Crippen molar-refractivity contribution < 1.29 is 19.1 Å². The Hall–Kier alpha value is -3.44. The van der Waals surface area contributed by atoms with Gasteiger partial charge >= 0.3 is 0 Å². The molecular weight excluding hydrogens is 366 g/mol. The van der Waals surface area contributed by atoms with Gasteiger partial charge in [0.25, 0.3) is 5.91 Å². The Morgan fingerprint density at radius 1 is 1.10 bits per heavy atom. The van der Waals surface area contributed by atoms with E-state index >= 15 is 0 Å². The van der Waals surface area contributed by atoms with Gasteiger partial charge in [0.05, 0.1) is 24.9 Å². The monoisotopic (exact) mass is 387 g/mol. The molecule has 0 saturated heterocycles. The predicted octanol–water partition coefficient (Wildman–Crippen LogP) is 4.00. The van der Waals surface area contributed by atoms with E-state index in [1.807, 2.05) is 37.3 Å². The van der Waals surface area contributed by atoms with Crippen molar-refractivity contribution in [1.29, 1.82) is 0 Å². The number of benzene rings is 2. The number of nitrogens with zero attached hydrogens (tertiary/aromatic N) is 1. The Bertz CT molecular complexity index is 1080. The van der Waals surface area contributed by atoms with E-state index in [4.69, 9.17) is 4.42 Å². The number of carbonyl (C=O) groups is 2. The summed E-state index contributed by atoms with van der Waals surface area (Å²) < 4.78 is 5.17. The van der Waals surface area contributed by atoms with Gasteiger partial charge in [0.15, 0.2) is 11.4 Å². The van der Waals surface area contributed by atoms with E-state index in [0.717, 1.165) is 11.1 Å². The number of furan rings is 1. The molecule has 0 saturated carbocycles. The molecule has 1 N–H and O–H groups in total. The van der Waals surface area contributed by atoms with Gasteiger partial charge in [-0.25, -0.2) is 0 Å². The van der Waals surface area contributed by atoms with Crippen molar-refractivity contribution in [2.24, 2.45) is 0 Å². The highest BCUT2D eigenvalue weighted by atomic mass is 16.3. The van der Waals surface area contributed by atoms with E-state index in [0.29, 0.717) is 23.6 Å². The summed E-state index contributed by atoms with van der Waals surface area (Å²) >= 11 is 0. The number of hydrogen-bond acceptors (Lipinski definition) is 4. The van der Waals surface area contributed by atoms with Gasteiger partial charge in [0.1, 0.15) is 5.76 Å². The molecule has 5 nitrogen and oxygen atoms in total. The molecule has 1 aliphatic rings. The maximum atomic E-state index is 13.2. The average Bonchev–Trinajstić information content (AvgIpc) is 3.30. The zero-order valence-corrected chi connectivity index (χ0v) is 16.0. The van der Waals surface area contributed by atoms with Gasteiger partial charge in [0, 0.05) is 5.56 Å². The number of anilines is 1. The lowest BCUT2D eigenvalue weighted by Crippen LogP contribution is -2.41. The molecule has 29 heavy (non-hydrogen) atoms. The van der Waals surface area contributed by atoms with E-state index in [9.17, 15) is 14.7 Å². The van der Waals surface area contributed by atoms with Crippen LogP contribution in [0.15, 0.2) is 77.4 Å². The van der Waals surface area contributed by atoms with Crippen LogP contribution in [-0.4, -0.2) is 16.8 Å². The maximum Gasteiger partial charge on any atom is 0.264 e. The summed E-state index contributed by atoms with van der Waals surface area (Å²) in [6, 6.07) is 18.3. The Balaban J connectivity index is 1.63. The first-order valence-electron chi connectivity index (χ1n) is 9.42. The number of aliphatic hydroxyl groups is 1. The van der Waals surface area contributed by atoms with Gasteiger partial charge in [-0.1, -0.05) is 42.5 Å². The molecule has 3 aromatic rings. The molecule has 2 heterocycles. The van der Waals surface area contributed by atoms with Crippen molar-refractivity contribution in [3.63, 3.8) is 0 Å². The van der Waals surface area contributed by atoms with Crippen LogP contribution in [-0.2, 0) is 21.7 Å². The number of ketones is 1. The second-order valence-corrected chi connectivity index (χ2v) is 7.19. The molecule has 0 radical (unpaired) electrons. The maximum absolute atomic E-state index is 13.2. The molecule has 1 amide bonds. The number of allylic oxidation sites excluding steroid dienone is 1. The molecule has 1 unspecified atom stereocenters. The minimum atomic E-state index is -1.89. The van der Waals surface area contributed by atoms with Crippen LogP contribution in [0.5, 0.6) is 0 Å². The zero-order chi connectivity index (χ0) is 20.4. The first-order valence-corrected chi connectivity index (χ1v) is 9.42. The topological polar surface area (TPSA) is 70.8 Å². The summed E-state index contributed by atoms with van der Waals surface area (Å²) in [6.07, 6.45) is 4.04. The number of carbonyl (C=O) groups excluding carboxylic acids is 2. The van der Waals surface area contributed by atoms with Gasteiger partial charge in [-0.3, -0.25) is 9.59 Å².